The molecular weight excluding hydrogens is 282 g/mol. The molecule has 0 unspecified atom stereocenters. The molecule has 3 heterocycles. The molecule has 0 saturated carbocycles. The van der Waals surface area contributed by atoms with E-state index in [1.807, 2.05) is 24.3 Å². The Labute approximate surface area is 128 Å². The van der Waals surface area contributed by atoms with Crippen molar-refractivity contribution in [3.63, 3.8) is 0 Å². The molecular formula is C16H19N3O3. The number of piperidine rings is 1. The monoisotopic (exact) mass is 301 g/mol. The van der Waals surface area contributed by atoms with Gasteiger partial charge in [0.25, 0.3) is 0 Å². The fourth-order valence-corrected chi connectivity index (χ4v) is 2.87. The van der Waals surface area contributed by atoms with Crippen molar-refractivity contribution in [3.8, 4) is 0 Å². The van der Waals surface area contributed by atoms with Gasteiger partial charge in [-0.15, -0.1) is 0 Å². The van der Waals surface area contributed by atoms with E-state index in [2.05, 4.69) is 10.00 Å². The molecule has 1 saturated heterocycles. The molecule has 0 atom stereocenters. The highest BCUT2D eigenvalue weighted by Gasteiger charge is 2.43. The molecule has 0 aromatic carbocycles. The summed E-state index contributed by atoms with van der Waals surface area (Å²) in [5.74, 6) is 0.0235. The number of aliphatic carboxylic acids is 1. The van der Waals surface area contributed by atoms with Gasteiger partial charge in [-0.3, -0.25) is 9.58 Å². The van der Waals surface area contributed by atoms with Gasteiger partial charge in [0.05, 0.1) is 6.26 Å². The van der Waals surface area contributed by atoms with E-state index in [1.165, 1.54) is 0 Å². The molecule has 1 fully saturated rings. The molecule has 2 aromatic rings. The number of carbonyl (C=O) groups is 1. The molecule has 2 aromatic heterocycles. The van der Waals surface area contributed by atoms with Crippen molar-refractivity contribution in [1.82, 2.24) is 14.7 Å². The highest BCUT2D eigenvalue weighted by molar-refractivity contribution is 5.76. The van der Waals surface area contributed by atoms with E-state index in [0.717, 1.165) is 25.4 Å². The summed E-state index contributed by atoms with van der Waals surface area (Å²) in [4.78, 5) is 14.0. The summed E-state index contributed by atoms with van der Waals surface area (Å²) < 4.78 is 6.83. The van der Waals surface area contributed by atoms with Gasteiger partial charge in [0, 0.05) is 32.0 Å². The maximum absolute atomic E-state index is 11.7. The van der Waals surface area contributed by atoms with Gasteiger partial charge >= 0.3 is 5.97 Å². The summed E-state index contributed by atoms with van der Waals surface area (Å²) in [6, 6.07) is 5.52. The topological polar surface area (TPSA) is 71.5 Å². The van der Waals surface area contributed by atoms with Gasteiger partial charge in [-0.05, 0) is 37.1 Å². The van der Waals surface area contributed by atoms with Crippen LogP contribution in [0.5, 0.6) is 0 Å². The van der Waals surface area contributed by atoms with E-state index in [4.69, 9.17) is 4.42 Å². The van der Waals surface area contributed by atoms with Crippen LogP contribution in [0.3, 0.4) is 0 Å². The Bertz CT molecular complexity index is 624. The first kappa shape index (κ1) is 14.6. The maximum Gasteiger partial charge on any atom is 0.331 e. The third kappa shape index (κ3) is 2.82. The fraction of sp³-hybridized carbons (Fsp3) is 0.375. The Hall–Kier alpha value is -2.34. The Morgan fingerprint density at radius 2 is 2.23 bits per heavy atom. The van der Waals surface area contributed by atoms with Gasteiger partial charge in [0.15, 0.2) is 5.54 Å². The summed E-state index contributed by atoms with van der Waals surface area (Å²) in [6.07, 6.45) is 10.1. The zero-order valence-corrected chi connectivity index (χ0v) is 12.3. The third-order valence-corrected chi connectivity index (χ3v) is 4.21. The van der Waals surface area contributed by atoms with Crippen molar-refractivity contribution in [2.45, 2.75) is 18.4 Å². The van der Waals surface area contributed by atoms with Crippen molar-refractivity contribution in [2.24, 2.45) is 0 Å². The lowest BCUT2D eigenvalue weighted by molar-refractivity contribution is -0.151. The van der Waals surface area contributed by atoms with Crippen LogP contribution in [0.2, 0.25) is 0 Å². The molecule has 1 N–H and O–H groups in total. The molecule has 1 aliphatic heterocycles. The van der Waals surface area contributed by atoms with Crippen molar-refractivity contribution in [3.05, 3.63) is 48.7 Å². The van der Waals surface area contributed by atoms with Crippen LogP contribution in [0.15, 0.2) is 47.3 Å². The first-order valence-corrected chi connectivity index (χ1v) is 7.37. The minimum Gasteiger partial charge on any atom is -0.479 e. The zero-order valence-electron chi connectivity index (χ0n) is 12.3. The zero-order chi connectivity index (χ0) is 15.4. The van der Waals surface area contributed by atoms with E-state index >= 15 is 0 Å². The molecule has 22 heavy (non-hydrogen) atoms. The summed E-state index contributed by atoms with van der Waals surface area (Å²) in [5.41, 5.74) is -0.912. The van der Waals surface area contributed by atoms with Crippen LogP contribution >= 0.6 is 0 Å². The van der Waals surface area contributed by atoms with E-state index in [9.17, 15) is 9.90 Å². The second kappa shape index (κ2) is 6.19. The maximum atomic E-state index is 11.7. The molecule has 0 radical (unpaired) electrons. The van der Waals surface area contributed by atoms with Crippen LogP contribution in [-0.2, 0) is 10.3 Å². The van der Waals surface area contributed by atoms with Crippen LogP contribution in [-0.4, -0.2) is 45.4 Å². The fourth-order valence-electron chi connectivity index (χ4n) is 2.87. The van der Waals surface area contributed by atoms with Crippen LogP contribution < -0.4 is 0 Å². The number of aromatic nitrogens is 2. The number of likely N-dealkylation sites (tertiary alicyclic amines) is 1. The lowest BCUT2D eigenvalue weighted by Gasteiger charge is -2.38. The Balaban J connectivity index is 1.60. The van der Waals surface area contributed by atoms with Crippen LogP contribution in [0.1, 0.15) is 18.6 Å². The quantitative estimate of drug-likeness (QED) is 0.915. The highest BCUT2D eigenvalue weighted by Crippen LogP contribution is 2.30. The lowest BCUT2D eigenvalue weighted by Crippen LogP contribution is -2.51. The number of rotatable bonds is 5. The average molecular weight is 301 g/mol. The first-order valence-electron chi connectivity index (χ1n) is 7.37. The second-order valence-corrected chi connectivity index (χ2v) is 5.51. The van der Waals surface area contributed by atoms with Crippen molar-refractivity contribution in [1.29, 1.82) is 0 Å². The van der Waals surface area contributed by atoms with Gasteiger partial charge in [0.2, 0.25) is 0 Å². The number of carboxylic acids is 1. The van der Waals surface area contributed by atoms with E-state index in [-0.39, 0.29) is 0 Å². The minimum absolute atomic E-state index is 0.554. The number of hydrogen-bond acceptors (Lipinski definition) is 4. The largest absolute Gasteiger partial charge is 0.479 e. The molecule has 1 aliphatic rings. The molecule has 6 nitrogen and oxygen atoms in total. The Morgan fingerprint density at radius 3 is 2.82 bits per heavy atom. The first-order chi connectivity index (χ1) is 10.7. The Morgan fingerprint density at radius 1 is 1.41 bits per heavy atom. The summed E-state index contributed by atoms with van der Waals surface area (Å²) in [6.45, 7) is 2.25. The molecule has 0 aliphatic carbocycles. The molecule has 116 valence electrons. The normalized spacial score (nSPS) is 18.7. The molecule has 0 amide bonds. The number of furan rings is 1. The summed E-state index contributed by atoms with van der Waals surface area (Å²) >= 11 is 0. The van der Waals surface area contributed by atoms with Gasteiger partial charge in [-0.25, -0.2) is 4.79 Å². The van der Waals surface area contributed by atoms with Crippen LogP contribution in [0.4, 0.5) is 0 Å². The van der Waals surface area contributed by atoms with E-state index in [0.29, 0.717) is 12.8 Å². The van der Waals surface area contributed by atoms with Crippen molar-refractivity contribution < 1.29 is 14.3 Å². The lowest BCUT2D eigenvalue weighted by atomic mass is 9.87. The minimum atomic E-state index is -0.912. The molecule has 0 spiro atoms. The smallest absolute Gasteiger partial charge is 0.331 e. The van der Waals surface area contributed by atoms with Crippen molar-refractivity contribution >= 4 is 12.0 Å². The van der Waals surface area contributed by atoms with Crippen molar-refractivity contribution in [2.75, 3.05) is 19.6 Å². The van der Waals surface area contributed by atoms with Gasteiger partial charge < -0.3 is 9.52 Å². The SMILES string of the molecule is O=C(O)C1(n2cccn2)CCN(CC=Cc2ccco2)CC1. The average Bonchev–Trinajstić information content (AvgIpc) is 3.21. The molecule has 6 heteroatoms. The summed E-state index contributed by atoms with van der Waals surface area (Å²) in [7, 11) is 0. The summed E-state index contributed by atoms with van der Waals surface area (Å²) in [5, 5.41) is 13.8. The highest BCUT2D eigenvalue weighted by atomic mass is 16.4. The second-order valence-electron chi connectivity index (χ2n) is 5.51. The number of nitrogens with zero attached hydrogens (tertiary/aromatic N) is 3. The number of carboxylic acid groups (broad SMARTS) is 1. The predicted octanol–water partition coefficient (Wildman–Crippen LogP) is 2.07. The molecule has 0 bridgehead atoms. The van der Waals surface area contributed by atoms with E-state index in [1.54, 1.807) is 29.4 Å². The predicted molar refractivity (Wildman–Crippen MR) is 81.3 cm³/mol. The van der Waals surface area contributed by atoms with Crippen LogP contribution in [0, 0.1) is 0 Å². The molecule has 3 rings (SSSR count). The van der Waals surface area contributed by atoms with Crippen LogP contribution in [0.25, 0.3) is 6.08 Å². The third-order valence-electron chi connectivity index (χ3n) is 4.21. The van der Waals surface area contributed by atoms with Gasteiger partial charge in [-0.1, -0.05) is 6.08 Å². The Kier molecular flexibility index (Phi) is 4.11. The standard InChI is InChI=1S/C16H19N3O3/c20-15(21)16(19-10-3-8-17-19)6-11-18(12-7-16)9-1-4-14-5-2-13-22-14/h1-5,8,10,13H,6-7,9,11-12H2,(H,20,21). The van der Waals surface area contributed by atoms with Gasteiger partial charge in [-0.2, -0.15) is 5.10 Å². The number of hydrogen-bond donors (Lipinski definition) is 1. The van der Waals surface area contributed by atoms with Gasteiger partial charge in [0.1, 0.15) is 5.76 Å². The van der Waals surface area contributed by atoms with E-state index < -0.39 is 11.5 Å².